The van der Waals surface area contributed by atoms with Crippen LogP contribution in [0.3, 0.4) is 0 Å². The number of nitrogens with one attached hydrogen (secondary N) is 1. The number of aryl methyl sites for hydroxylation is 2. The Labute approximate surface area is 201 Å². The molecule has 0 bridgehead atoms. The Morgan fingerprint density at radius 3 is 2.29 bits per heavy atom. The molecule has 9 heteroatoms. The zero-order valence-corrected chi connectivity index (χ0v) is 20.5. The van der Waals surface area contributed by atoms with Gasteiger partial charge in [0.1, 0.15) is 0 Å². The van der Waals surface area contributed by atoms with E-state index in [4.69, 9.17) is 4.74 Å². The van der Waals surface area contributed by atoms with E-state index in [0.717, 1.165) is 23.2 Å². The second kappa shape index (κ2) is 12.0. The van der Waals surface area contributed by atoms with Crippen molar-refractivity contribution < 1.29 is 23.9 Å². The lowest BCUT2D eigenvalue weighted by Crippen LogP contribution is -2.51. The molecule has 0 aromatic heterocycles. The minimum Gasteiger partial charge on any atom is -0.455 e. The number of esters is 1. The van der Waals surface area contributed by atoms with Crippen molar-refractivity contribution in [1.29, 1.82) is 0 Å². The summed E-state index contributed by atoms with van der Waals surface area (Å²) in [5.74, 6) is -1.05. The normalized spacial score (nSPS) is 19.0. The van der Waals surface area contributed by atoms with Crippen LogP contribution < -0.4 is 5.32 Å². The predicted molar refractivity (Wildman–Crippen MR) is 128 cm³/mol. The van der Waals surface area contributed by atoms with Crippen molar-refractivity contribution in [2.24, 2.45) is 5.92 Å². The predicted octanol–water partition coefficient (Wildman–Crippen LogP) is 1.58. The summed E-state index contributed by atoms with van der Waals surface area (Å²) in [5, 5.41) is 2.99. The first kappa shape index (κ1) is 25.7. The van der Waals surface area contributed by atoms with Crippen LogP contribution >= 0.6 is 0 Å². The van der Waals surface area contributed by atoms with E-state index in [1.54, 1.807) is 16.7 Å². The van der Waals surface area contributed by atoms with E-state index < -0.39 is 5.97 Å². The smallest absolute Gasteiger partial charge is 0.311 e. The van der Waals surface area contributed by atoms with Crippen molar-refractivity contribution in [3.8, 4) is 0 Å². The van der Waals surface area contributed by atoms with Gasteiger partial charge in [0.15, 0.2) is 6.61 Å². The minimum atomic E-state index is -0.413. The lowest BCUT2D eigenvalue weighted by molar-refractivity contribution is -0.158. The van der Waals surface area contributed by atoms with Crippen LogP contribution in [0.5, 0.6) is 0 Å². The van der Waals surface area contributed by atoms with Gasteiger partial charge in [-0.15, -0.1) is 0 Å². The Balaban J connectivity index is 1.38. The zero-order chi connectivity index (χ0) is 24.7. The summed E-state index contributed by atoms with van der Waals surface area (Å²) in [6.45, 7) is 8.87. The number of carbonyl (C=O) groups excluding carboxylic acids is 4. The average Bonchev–Trinajstić information content (AvgIpc) is 2.84. The molecule has 1 N–H and O–H groups in total. The third-order valence-corrected chi connectivity index (χ3v) is 6.59. The highest BCUT2D eigenvalue weighted by Gasteiger charge is 2.30. The number of piperazine rings is 1. The Morgan fingerprint density at radius 2 is 1.65 bits per heavy atom. The van der Waals surface area contributed by atoms with E-state index in [1.807, 2.05) is 36.9 Å². The van der Waals surface area contributed by atoms with Gasteiger partial charge in [-0.25, -0.2) is 0 Å². The molecule has 0 spiro atoms. The van der Waals surface area contributed by atoms with Gasteiger partial charge >= 0.3 is 5.97 Å². The Hall–Kier alpha value is -2.94. The van der Waals surface area contributed by atoms with Gasteiger partial charge in [-0.1, -0.05) is 25.1 Å². The molecular weight excluding hydrogens is 436 g/mol. The molecule has 3 amide bonds. The van der Waals surface area contributed by atoms with Crippen LogP contribution in [-0.2, 0) is 23.9 Å². The van der Waals surface area contributed by atoms with Gasteiger partial charge in [0.2, 0.25) is 11.8 Å². The minimum absolute atomic E-state index is 0.0363. The van der Waals surface area contributed by atoms with Crippen LogP contribution in [0.15, 0.2) is 18.2 Å². The fourth-order valence-corrected chi connectivity index (χ4v) is 4.51. The van der Waals surface area contributed by atoms with Gasteiger partial charge in [0.25, 0.3) is 5.91 Å². The summed E-state index contributed by atoms with van der Waals surface area (Å²) in [6, 6.07) is 5.90. The third kappa shape index (κ3) is 6.79. The summed E-state index contributed by atoms with van der Waals surface area (Å²) in [7, 11) is 0. The number of likely N-dealkylation sites (tertiary alicyclic amines) is 1. The number of rotatable bonds is 7. The molecule has 0 aliphatic carbocycles. The number of hydrogen-bond acceptors (Lipinski definition) is 6. The highest BCUT2D eigenvalue weighted by Crippen LogP contribution is 2.20. The molecule has 0 saturated carbocycles. The van der Waals surface area contributed by atoms with E-state index in [1.165, 1.54) is 0 Å². The molecule has 9 nitrogen and oxygen atoms in total. The quantitative estimate of drug-likeness (QED) is 0.605. The summed E-state index contributed by atoms with van der Waals surface area (Å²) in [4.78, 5) is 54.8. The van der Waals surface area contributed by atoms with Gasteiger partial charge in [-0.05, 0) is 37.8 Å². The molecule has 1 aromatic carbocycles. The van der Waals surface area contributed by atoms with E-state index in [-0.39, 0.29) is 36.8 Å². The maximum Gasteiger partial charge on any atom is 0.311 e. The summed E-state index contributed by atoms with van der Waals surface area (Å²) in [6.07, 6.45) is 1.85. The summed E-state index contributed by atoms with van der Waals surface area (Å²) in [5.41, 5.74) is 2.90. The monoisotopic (exact) mass is 472 g/mol. The van der Waals surface area contributed by atoms with Gasteiger partial charge in [0.05, 0.1) is 12.5 Å². The number of ether oxygens (including phenoxy) is 1. The number of anilines is 1. The van der Waals surface area contributed by atoms with Crippen molar-refractivity contribution in [3.63, 3.8) is 0 Å². The highest BCUT2D eigenvalue weighted by molar-refractivity contribution is 5.93. The average molecular weight is 473 g/mol. The van der Waals surface area contributed by atoms with Gasteiger partial charge < -0.3 is 19.9 Å². The first-order valence-electron chi connectivity index (χ1n) is 12.1. The van der Waals surface area contributed by atoms with Crippen LogP contribution in [0, 0.1) is 19.8 Å². The molecule has 2 aliphatic rings. The van der Waals surface area contributed by atoms with Crippen LogP contribution in [0.25, 0.3) is 0 Å². The highest BCUT2D eigenvalue weighted by atomic mass is 16.5. The molecule has 1 aromatic rings. The van der Waals surface area contributed by atoms with Gasteiger partial charge in [-0.3, -0.25) is 24.1 Å². The Morgan fingerprint density at radius 1 is 0.971 bits per heavy atom. The number of amides is 3. The standard InChI is InChI=1S/C25H36N4O5/c1-4-22(31)29-10-6-9-20(15-29)25(33)34-17-23(32)28-13-11-27(12-14-28)16-21(30)26-24-18(2)7-5-8-19(24)3/h5,7-8,20H,4,6,9-17H2,1-3H3,(H,26,30). The SMILES string of the molecule is CCC(=O)N1CCCC(C(=O)OCC(=O)N2CCN(CC(=O)Nc3c(C)cccc3C)CC2)C1. The first-order valence-corrected chi connectivity index (χ1v) is 12.1. The van der Waals surface area contributed by atoms with Gasteiger partial charge in [0, 0.05) is 51.4 Å². The van der Waals surface area contributed by atoms with Crippen molar-refractivity contribution in [3.05, 3.63) is 29.3 Å². The molecule has 1 unspecified atom stereocenters. The number of benzene rings is 1. The lowest BCUT2D eigenvalue weighted by atomic mass is 9.98. The summed E-state index contributed by atoms with van der Waals surface area (Å²) >= 11 is 0. The van der Waals surface area contributed by atoms with E-state index in [9.17, 15) is 19.2 Å². The molecule has 2 fully saturated rings. The molecule has 2 aliphatic heterocycles. The van der Waals surface area contributed by atoms with Gasteiger partial charge in [-0.2, -0.15) is 0 Å². The molecule has 3 rings (SSSR count). The van der Waals surface area contributed by atoms with Crippen LogP contribution in [0.2, 0.25) is 0 Å². The second-order valence-corrected chi connectivity index (χ2v) is 9.11. The van der Waals surface area contributed by atoms with E-state index in [2.05, 4.69) is 5.32 Å². The molecule has 2 saturated heterocycles. The maximum atomic E-state index is 12.5. The Kier molecular flexibility index (Phi) is 9.04. The molecule has 2 heterocycles. The molecule has 0 radical (unpaired) electrons. The van der Waals surface area contributed by atoms with Crippen molar-refractivity contribution in [2.45, 2.75) is 40.0 Å². The van der Waals surface area contributed by atoms with Crippen LogP contribution in [-0.4, -0.2) is 90.8 Å². The molecule has 34 heavy (non-hydrogen) atoms. The third-order valence-electron chi connectivity index (χ3n) is 6.59. The molecular formula is C25H36N4O5. The molecule has 186 valence electrons. The van der Waals surface area contributed by atoms with Crippen molar-refractivity contribution in [1.82, 2.24) is 14.7 Å². The lowest BCUT2D eigenvalue weighted by Gasteiger charge is -2.34. The summed E-state index contributed by atoms with van der Waals surface area (Å²) < 4.78 is 5.29. The maximum absolute atomic E-state index is 12.5. The number of carbonyl (C=O) groups is 4. The first-order chi connectivity index (χ1) is 16.3. The van der Waals surface area contributed by atoms with E-state index in [0.29, 0.717) is 52.1 Å². The van der Waals surface area contributed by atoms with Crippen LogP contribution in [0.1, 0.15) is 37.3 Å². The number of piperidine rings is 1. The number of para-hydroxylation sites is 1. The molecule has 1 atom stereocenters. The topological polar surface area (TPSA) is 99.3 Å². The van der Waals surface area contributed by atoms with E-state index >= 15 is 0 Å². The number of hydrogen-bond donors (Lipinski definition) is 1. The fourth-order valence-electron chi connectivity index (χ4n) is 4.51. The largest absolute Gasteiger partial charge is 0.455 e. The van der Waals surface area contributed by atoms with Crippen LogP contribution in [0.4, 0.5) is 5.69 Å². The number of nitrogens with zero attached hydrogens (tertiary/aromatic N) is 3. The Bertz CT molecular complexity index is 890. The zero-order valence-electron chi connectivity index (χ0n) is 20.5. The van der Waals surface area contributed by atoms with Crippen molar-refractivity contribution in [2.75, 3.05) is 57.7 Å². The van der Waals surface area contributed by atoms with Crippen molar-refractivity contribution >= 4 is 29.4 Å². The second-order valence-electron chi connectivity index (χ2n) is 9.11. The fraction of sp³-hybridized carbons (Fsp3) is 0.600.